The summed E-state index contributed by atoms with van der Waals surface area (Å²) in [5.74, 6) is 0.177. The summed E-state index contributed by atoms with van der Waals surface area (Å²) in [6, 6.07) is 2.11. The second kappa shape index (κ2) is 6.35. The van der Waals surface area contributed by atoms with Gasteiger partial charge in [-0.15, -0.1) is 0 Å². The summed E-state index contributed by atoms with van der Waals surface area (Å²) in [6.07, 6.45) is 3.19. The van der Waals surface area contributed by atoms with Gasteiger partial charge in [-0.25, -0.2) is 9.67 Å². The Morgan fingerprint density at radius 1 is 1.38 bits per heavy atom. The fraction of sp³-hybridized carbons (Fsp3) is 0.562. The molecule has 2 aromatic heterocycles. The number of nitrogens with zero attached hydrogens (tertiary/aromatic N) is 4. The first-order valence-corrected chi connectivity index (χ1v) is 7.43. The Hall–Kier alpha value is -1.75. The van der Waals surface area contributed by atoms with E-state index in [1.165, 1.54) is 0 Å². The fourth-order valence-electron chi connectivity index (χ4n) is 2.44. The second-order valence-electron chi connectivity index (χ2n) is 6.06. The third-order valence-electron chi connectivity index (χ3n) is 3.49. The van der Waals surface area contributed by atoms with Crippen molar-refractivity contribution < 1.29 is 4.79 Å². The average molecular weight is 288 g/mol. The SMILES string of the molecule is Cc1cc(C(=O)CCCN(C)C)c2cnn(C(C)C)c2n1. The highest BCUT2D eigenvalue weighted by Gasteiger charge is 2.16. The van der Waals surface area contributed by atoms with E-state index in [1.807, 2.05) is 31.8 Å². The molecular weight excluding hydrogens is 264 g/mol. The van der Waals surface area contributed by atoms with Gasteiger partial charge in [0.1, 0.15) is 0 Å². The van der Waals surface area contributed by atoms with E-state index in [0.717, 1.165) is 35.3 Å². The topological polar surface area (TPSA) is 51.0 Å². The third kappa shape index (κ3) is 3.47. The van der Waals surface area contributed by atoms with E-state index in [4.69, 9.17) is 0 Å². The zero-order valence-corrected chi connectivity index (χ0v) is 13.6. The summed E-state index contributed by atoms with van der Waals surface area (Å²) in [4.78, 5) is 19.1. The molecule has 0 atom stereocenters. The predicted octanol–water partition coefficient (Wildman–Crippen LogP) is 2.85. The van der Waals surface area contributed by atoms with Crippen LogP contribution in [0.15, 0.2) is 12.3 Å². The molecule has 0 N–H and O–H groups in total. The summed E-state index contributed by atoms with van der Waals surface area (Å²) in [7, 11) is 4.04. The van der Waals surface area contributed by atoms with Crippen LogP contribution in [-0.4, -0.2) is 46.1 Å². The summed E-state index contributed by atoms with van der Waals surface area (Å²) in [6.45, 7) is 6.97. The lowest BCUT2D eigenvalue weighted by molar-refractivity contribution is 0.0979. The van der Waals surface area contributed by atoms with Crippen molar-refractivity contribution >= 4 is 16.8 Å². The van der Waals surface area contributed by atoms with Crippen molar-refractivity contribution in [2.24, 2.45) is 0 Å². The Morgan fingerprint density at radius 3 is 2.71 bits per heavy atom. The van der Waals surface area contributed by atoms with Gasteiger partial charge in [-0.2, -0.15) is 5.10 Å². The summed E-state index contributed by atoms with van der Waals surface area (Å²) in [5, 5.41) is 5.25. The van der Waals surface area contributed by atoms with E-state index >= 15 is 0 Å². The van der Waals surface area contributed by atoms with Crippen molar-refractivity contribution in [2.75, 3.05) is 20.6 Å². The van der Waals surface area contributed by atoms with Gasteiger partial charge in [0.2, 0.25) is 0 Å². The van der Waals surface area contributed by atoms with E-state index in [-0.39, 0.29) is 11.8 Å². The summed E-state index contributed by atoms with van der Waals surface area (Å²) < 4.78 is 1.87. The largest absolute Gasteiger partial charge is 0.309 e. The Balaban J connectivity index is 2.33. The van der Waals surface area contributed by atoms with E-state index in [1.54, 1.807) is 6.20 Å². The summed E-state index contributed by atoms with van der Waals surface area (Å²) in [5.41, 5.74) is 2.42. The molecule has 0 radical (unpaired) electrons. The zero-order chi connectivity index (χ0) is 15.6. The number of Topliss-reactive ketones (excluding diaryl/α,β-unsaturated/α-hetero) is 1. The van der Waals surface area contributed by atoms with Crippen LogP contribution in [0, 0.1) is 6.92 Å². The van der Waals surface area contributed by atoms with Crippen molar-refractivity contribution in [3.8, 4) is 0 Å². The molecule has 2 heterocycles. The molecular formula is C16H24N4O. The lowest BCUT2D eigenvalue weighted by Crippen LogP contribution is -2.14. The molecule has 0 amide bonds. The summed E-state index contributed by atoms with van der Waals surface area (Å²) >= 11 is 0. The van der Waals surface area contributed by atoms with Gasteiger partial charge in [-0.05, 0) is 53.9 Å². The number of ketones is 1. The molecule has 0 spiro atoms. The van der Waals surface area contributed by atoms with Crippen LogP contribution in [0.25, 0.3) is 11.0 Å². The van der Waals surface area contributed by atoms with Gasteiger partial charge >= 0.3 is 0 Å². The number of aromatic nitrogens is 3. The highest BCUT2D eigenvalue weighted by Crippen LogP contribution is 2.22. The first-order chi connectivity index (χ1) is 9.90. The molecule has 0 saturated carbocycles. The lowest BCUT2D eigenvalue weighted by Gasteiger charge is -2.10. The van der Waals surface area contributed by atoms with Crippen LogP contribution in [0.2, 0.25) is 0 Å². The highest BCUT2D eigenvalue weighted by atomic mass is 16.1. The number of pyridine rings is 1. The first-order valence-electron chi connectivity index (χ1n) is 7.43. The fourth-order valence-corrected chi connectivity index (χ4v) is 2.44. The van der Waals surface area contributed by atoms with Gasteiger partial charge in [0, 0.05) is 29.1 Å². The molecule has 0 saturated heterocycles. The smallest absolute Gasteiger partial charge is 0.163 e. The average Bonchev–Trinajstić information content (AvgIpc) is 2.80. The minimum atomic E-state index is 0.177. The number of aryl methyl sites for hydroxylation is 1. The number of rotatable bonds is 6. The van der Waals surface area contributed by atoms with Crippen LogP contribution in [-0.2, 0) is 0 Å². The van der Waals surface area contributed by atoms with Gasteiger partial charge in [0.25, 0.3) is 0 Å². The molecule has 2 rings (SSSR count). The zero-order valence-electron chi connectivity index (χ0n) is 13.6. The molecule has 2 aromatic rings. The molecule has 0 aliphatic heterocycles. The monoisotopic (exact) mass is 288 g/mol. The highest BCUT2D eigenvalue weighted by molar-refractivity contribution is 6.06. The first kappa shape index (κ1) is 15.6. The van der Waals surface area contributed by atoms with Crippen LogP contribution in [0.3, 0.4) is 0 Å². The minimum Gasteiger partial charge on any atom is -0.309 e. The van der Waals surface area contributed by atoms with Crippen molar-refractivity contribution in [3.63, 3.8) is 0 Å². The number of hydrogen-bond donors (Lipinski definition) is 0. The quantitative estimate of drug-likeness (QED) is 0.767. The molecule has 5 heteroatoms. The van der Waals surface area contributed by atoms with Crippen molar-refractivity contribution in [1.29, 1.82) is 0 Å². The molecule has 0 aromatic carbocycles. The standard InChI is InChI=1S/C16H24N4O/c1-11(2)20-16-14(10-17-20)13(9-12(3)18-16)15(21)7-6-8-19(4)5/h9-11H,6-8H2,1-5H3. The van der Waals surface area contributed by atoms with E-state index < -0.39 is 0 Å². The van der Waals surface area contributed by atoms with E-state index in [0.29, 0.717) is 6.42 Å². The van der Waals surface area contributed by atoms with Gasteiger partial charge in [-0.3, -0.25) is 4.79 Å². The molecule has 21 heavy (non-hydrogen) atoms. The number of fused-ring (bicyclic) bond motifs is 1. The van der Waals surface area contributed by atoms with E-state index in [9.17, 15) is 4.79 Å². The van der Waals surface area contributed by atoms with Crippen molar-refractivity contribution in [3.05, 3.63) is 23.5 Å². The number of carbonyl (C=O) groups excluding carboxylic acids is 1. The predicted molar refractivity (Wildman–Crippen MR) is 84.8 cm³/mol. The van der Waals surface area contributed by atoms with Crippen LogP contribution >= 0.6 is 0 Å². The third-order valence-corrected chi connectivity index (χ3v) is 3.49. The van der Waals surface area contributed by atoms with Crippen LogP contribution in [0.5, 0.6) is 0 Å². The molecule has 114 valence electrons. The number of hydrogen-bond acceptors (Lipinski definition) is 4. The lowest BCUT2D eigenvalue weighted by atomic mass is 10.0. The van der Waals surface area contributed by atoms with Crippen molar-refractivity contribution in [1.82, 2.24) is 19.7 Å². The maximum atomic E-state index is 12.5. The molecule has 0 unspecified atom stereocenters. The van der Waals surface area contributed by atoms with Crippen LogP contribution in [0.1, 0.15) is 48.8 Å². The van der Waals surface area contributed by atoms with Gasteiger partial charge in [0.05, 0.1) is 6.20 Å². The van der Waals surface area contributed by atoms with Gasteiger partial charge in [-0.1, -0.05) is 0 Å². The molecule has 0 bridgehead atoms. The molecule has 0 aliphatic carbocycles. The Kier molecular flexibility index (Phi) is 4.73. The maximum Gasteiger partial charge on any atom is 0.163 e. The van der Waals surface area contributed by atoms with Crippen LogP contribution in [0.4, 0.5) is 0 Å². The van der Waals surface area contributed by atoms with Gasteiger partial charge < -0.3 is 4.90 Å². The Bertz CT molecular complexity index is 643. The van der Waals surface area contributed by atoms with Crippen molar-refractivity contribution in [2.45, 2.75) is 39.7 Å². The molecule has 5 nitrogen and oxygen atoms in total. The molecule has 0 aliphatic rings. The maximum absolute atomic E-state index is 12.5. The Morgan fingerprint density at radius 2 is 2.10 bits per heavy atom. The second-order valence-corrected chi connectivity index (χ2v) is 6.06. The van der Waals surface area contributed by atoms with Crippen LogP contribution < -0.4 is 0 Å². The molecule has 0 fully saturated rings. The number of carbonyl (C=O) groups is 1. The normalized spacial score (nSPS) is 11.8. The Labute approximate surface area is 126 Å². The van der Waals surface area contributed by atoms with Gasteiger partial charge in [0.15, 0.2) is 11.4 Å². The minimum absolute atomic E-state index is 0.177. The van der Waals surface area contributed by atoms with E-state index in [2.05, 4.69) is 28.8 Å².